The van der Waals surface area contributed by atoms with Crippen molar-refractivity contribution in [1.82, 2.24) is 14.5 Å². The van der Waals surface area contributed by atoms with E-state index in [0.717, 1.165) is 25.7 Å². The smallest absolute Gasteiger partial charge is 0.251 e. The molecular weight excluding hydrogens is 390 g/mol. The van der Waals surface area contributed by atoms with Crippen molar-refractivity contribution in [3.63, 3.8) is 0 Å². The molecule has 2 amide bonds. The summed E-state index contributed by atoms with van der Waals surface area (Å²) in [6.07, 6.45) is 3.48. The zero-order valence-corrected chi connectivity index (χ0v) is 17.9. The summed E-state index contributed by atoms with van der Waals surface area (Å²) in [5.41, 5.74) is 0.640. The van der Waals surface area contributed by atoms with Gasteiger partial charge in [-0.05, 0) is 44.2 Å². The molecule has 29 heavy (non-hydrogen) atoms. The number of likely N-dealkylation sites (tertiary alicyclic amines) is 1. The average Bonchev–Trinajstić information content (AvgIpc) is 2.74. The number of nitrogens with zero attached hydrogens (tertiary/aromatic N) is 2. The number of amides is 2. The van der Waals surface area contributed by atoms with Gasteiger partial charge in [0.15, 0.2) is 0 Å². The summed E-state index contributed by atoms with van der Waals surface area (Å²) < 4.78 is 26.2. The third kappa shape index (κ3) is 5.57. The molecule has 0 aromatic heterocycles. The van der Waals surface area contributed by atoms with Gasteiger partial charge in [-0.1, -0.05) is 25.1 Å². The number of carbonyl (C=O) groups is 2. The van der Waals surface area contributed by atoms with Crippen LogP contribution in [-0.4, -0.2) is 67.4 Å². The number of rotatable bonds is 6. The number of carbonyl (C=O) groups excluding carboxylic acids is 2. The van der Waals surface area contributed by atoms with E-state index >= 15 is 0 Å². The Morgan fingerprint density at radius 3 is 2.41 bits per heavy atom. The minimum absolute atomic E-state index is 0.0502. The Morgan fingerprint density at radius 1 is 1.07 bits per heavy atom. The maximum atomic E-state index is 13.0. The van der Waals surface area contributed by atoms with Gasteiger partial charge in [-0.25, -0.2) is 12.7 Å². The molecule has 3 rings (SSSR count). The van der Waals surface area contributed by atoms with E-state index in [1.807, 2.05) is 30.0 Å². The van der Waals surface area contributed by atoms with Crippen LogP contribution in [0.4, 0.5) is 0 Å². The van der Waals surface area contributed by atoms with E-state index in [-0.39, 0.29) is 29.5 Å². The Bertz CT molecular complexity index is 804. The molecular formula is C21H31N3O4S. The van der Waals surface area contributed by atoms with Crippen molar-refractivity contribution < 1.29 is 18.0 Å². The van der Waals surface area contributed by atoms with Gasteiger partial charge in [0.25, 0.3) is 5.91 Å². The van der Waals surface area contributed by atoms with Gasteiger partial charge in [-0.15, -0.1) is 0 Å². The Kier molecular flexibility index (Phi) is 7.29. The first-order chi connectivity index (χ1) is 13.9. The molecule has 2 fully saturated rings. The van der Waals surface area contributed by atoms with Crippen LogP contribution in [0, 0.1) is 5.92 Å². The fraction of sp³-hybridized carbons (Fsp3) is 0.619. The quantitative estimate of drug-likeness (QED) is 0.760. The molecule has 0 saturated carbocycles. The number of benzene rings is 1. The first kappa shape index (κ1) is 21.8. The van der Waals surface area contributed by atoms with Crippen LogP contribution in [-0.2, 0) is 14.8 Å². The lowest BCUT2D eigenvalue weighted by molar-refractivity contribution is -0.137. The maximum absolute atomic E-state index is 13.0. The molecule has 0 radical (unpaired) electrons. The second kappa shape index (κ2) is 9.71. The molecule has 8 heteroatoms. The zero-order valence-electron chi connectivity index (χ0n) is 17.0. The van der Waals surface area contributed by atoms with Crippen molar-refractivity contribution in [3.8, 4) is 0 Å². The van der Waals surface area contributed by atoms with Gasteiger partial charge in [0.05, 0.1) is 11.7 Å². The molecule has 0 aliphatic carbocycles. The summed E-state index contributed by atoms with van der Waals surface area (Å²) in [5.74, 6) is -0.153. The Balaban J connectivity index is 1.50. The molecule has 1 atom stereocenters. The van der Waals surface area contributed by atoms with Gasteiger partial charge in [0, 0.05) is 37.8 Å². The van der Waals surface area contributed by atoms with E-state index < -0.39 is 10.0 Å². The highest BCUT2D eigenvalue weighted by molar-refractivity contribution is 7.89. The van der Waals surface area contributed by atoms with Crippen LogP contribution >= 0.6 is 0 Å². The molecule has 0 spiro atoms. The van der Waals surface area contributed by atoms with Crippen LogP contribution in [0.5, 0.6) is 0 Å². The number of piperidine rings is 2. The van der Waals surface area contributed by atoms with Crippen LogP contribution in [0.2, 0.25) is 0 Å². The van der Waals surface area contributed by atoms with Gasteiger partial charge >= 0.3 is 0 Å². The Morgan fingerprint density at radius 2 is 1.76 bits per heavy atom. The first-order valence-corrected chi connectivity index (χ1v) is 12.1. The summed E-state index contributed by atoms with van der Waals surface area (Å²) in [7, 11) is -3.26. The molecule has 2 saturated heterocycles. The van der Waals surface area contributed by atoms with Crippen molar-refractivity contribution in [1.29, 1.82) is 0 Å². The van der Waals surface area contributed by atoms with Crippen LogP contribution in [0.3, 0.4) is 0 Å². The standard InChI is InChI=1S/C21H31N3O4S/c1-2-15-29(27,28)24-12-6-9-18(16-24)21(26)23-13-10-19(11-14-23)22-20(25)17-7-4-3-5-8-17/h3-5,7-8,18-19H,2,6,9-16H2,1H3,(H,22,25)/t18-/m0/s1. The molecule has 1 N–H and O–H groups in total. The van der Waals surface area contributed by atoms with Crippen molar-refractivity contribution in [3.05, 3.63) is 35.9 Å². The number of sulfonamides is 1. The largest absolute Gasteiger partial charge is 0.349 e. The third-order valence-electron chi connectivity index (χ3n) is 5.77. The first-order valence-electron chi connectivity index (χ1n) is 10.5. The van der Waals surface area contributed by atoms with E-state index in [1.54, 1.807) is 12.1 Å². The van der Waals surface area contributed by atoms with Gasteiger partial charge in [0.2, 0.25) is 15.9 Å². The van der Waals surface area contributed by atoms with Crippen LogP contribution in [0.15, 0.2) is 30.3 Å². The number of hydrogen-bond acceptors (Lipinski definition) is 4. The number of nitrogens with one attached hydrogen (secondary N) is 1. The molecule has 2 aliphatic heterocycles. The topological polar surface area (TPSA) is 86.8 Å². The molecule has 160 valence electrons. The molecule has 7 nitrogen and oxygen atoms in total. The zero-order chi connectivity index (χ0) is 20.9. The SMILES string of the molecule is CCCS(=O)(=O)N1CCC[C@H](C(=O)N2CCC(NC(=O)c3ccccc3)CC2)C1. The number of hydrogen-bond donors (Lipinski definition) is 1. The van der Waals surface area contributed by atoms with E-state index in [2.05, 4.69) is 5.32 Å². The van der Waals surface area contributed by atoms with E-state index in [1.165, 1.54) is 4.31 Å². The van der Waals surface area contributed by atoms with Gasteiger partial charge in [-0.3, -0.25) is 9.59 Å². The van der Waals surface area contributed by atoms with E-state index in [4.69, 9.17) is 0 Å². The summed E-state index contributed by atoms with van der Waals surface area (Å²) in [5, 5.41) is 3.05. The van der Waals surface area contributed by atoms with Gasteiger partial charge in [-0.2, -0.15) is 0 Å². The highest BCUT2D eigenvalue weighted by Gasteiger charge is 2.35. The minimum Gasteiger partial charge on any atom is -0.349 e. The van der Waals surface area contributed by atoms with Crippen molar-refractivity contribution in [2.24, 2.45) is 5.92 Å². The predicted octanol–water partition coefficient (Wildman–Crippen LogP) is 1.86. The third-order valence-corrected chi connectivity index (χ3v) is 7.81. The van der Waals surface area contributed by atoms with Gasteiger partial charge < -0.3 is 10.2 Å². The minimum atomic E-state index is -3.26. The highest BCUT2D eigenvalue weighted by atomic mass is 32.2. The molecule has 0 bridgehead atoms. The van der Waals surface area contributed by atoms with E-state index in [0.29, 0.717) is 38.2 Å². The summed E-state index contributed by atoms with van der Waals surface area (Å²) in [4.78, 5) is 27.1. The Labute approximate surface area is 173 Å². The maximum Gasteiger partial charge on any atom is 0.251 e. The summed E-state index contributed by atoms with van der Waals surface area (Å²) >= 11 is 0. The van der Waals surface area contributed by atoms with Crippen LogP contribution < -0.4 is 5.32 Å². The average molecular weight is 422 g/mol. The lowest BCUT2D eigenvalue weighted by atomic mass is 9.96. The fourth-order valence-electron chi connectivity index (χ4n) is 4.14. The molecule has 2 heterocycles. The molecule has 2 aliphatic rings. The van der Waals surface area contributed by atoms with E-state index in [9.17, 15) is 18.0 Å². The Hall–Kier alpha value is -1.93. The molecule has 0 unspecified atom stereocenters. The monoisotopic (exact) mass is 421 g/mol. The predicted molar refractivity (Wildman–Crippen MR) is 112 cm³/mol. The van der Waals surface area contributed by atoms with Crippen molar-refractivity contribution >= 4 is 21.8 Å². The van der Waals surface area contributed by atoms with Crippen molar-refractivity contribution in [2.45, 2.75) is 45.1 Å². The molecule has 1 aromatic rings. The van der Waals surface area contributed by atoms with Gasteiger partial charge in [0.1, 0.15) is 0 Å². The van der Waals surface area contributed by atoms with Crippen molar-refractivity contribution in [2.75, 3.05) is 31.9 Å². The lowest BCUT2D eigenvalue weighted by Gasteiger charge is -2.37. The van der Waals surface area contributed by atoms with Crippen LogP contribution in [0.25, 0.3) is 0 Å². The fourth-order valence-corrected chi connectivity index (χ4v) is 5.73. The molecule has 1 aromatic carbocycles. The second-order valence-corrected chi connectivity index (χ2v) is 10.0. The summed E-state index contributed by atoms with van der Waals surface area (Å²) in [6.45, 7) is 3.85. The second-order valence-electron chi connectivity index (χ2n) is 7.95. The lowest BCUT2D eigenvalue weighted by Crippen LogP contribution is -2.51. The summed E-state index contributed by atoms with van der Waals surface area (Å²) in [6, 6.07) is 9.18. The highest BCUT2D eigenvalue weighted by Crippen LogP contribution is 2.23. The normalized spacial score (nSPS) is 21.7. The van der Waals surface area contributed by atoms with Crippen LogP contribution in [0.1, 0.15) is 49.4 Å².